The molecule has 0 spiro atoms. The fraction of sp³-hybridized carbons (Fsp3) is 0.273. The second-order valence-corrected chi connectivity index (χ2v) is 7.86. The van der Waals surface area contributed by atoms with Crippen LogP contribution in [0.3, 0.4) is 0 Å². The van der Waals surface area contributed by atoms with Crippen molar-refractivity contribution in [2.24, 2.45) is 0 Å². The smallest absolute Gasteiger partial charge is 0.316 e. The average Bonchev–Trinajstić information content (AvgIpc) is 3.19. The van der Waals surface area contributed by atoms with Crippen LogP contribution in [0.5, 0.6) is 0 Å². The minimum atomic E-state index is -0.475. The molecule has 0 bridgehead atoms. The van der Waals surface area contributed by atoms with Crippen LogP contribution in [0.25, 0.3) is 11.4 Å². The highest BCUT2D eigenvalue weighted by molar-refractivity contribution is 7.99. The van der Waals surface area contributed by atoms with Gasteiger partial charge in [-0.25, -0.2) is 0 Å². The van der Waals surface area contributed by atoms with Gasteiger partial charge < -0.3 is 9.30 Å². The van der Waals surface area contributed by atoms with Gasteiger partial charge in [0.1, 0.15) is 0 Å². The molecular formula is C22H22ClN3O3S. The van der Waals surface area contributed by atoms with Crippen molar-refractivity contribution in [3.05, 3.63) is 64.7 Å². The topological polar surface area (TPSA) is 74.1 Å². The van der Waals surface area contributed by atoms with E-state index >= 15 is 0 Å². The van der Waals surface area contributed by atoms with Crippen LogP contribution in [0.15, 0.2) is 53.7 Å². The first-order valence-electron chi connectivity index (χ1n) is 9.61. The molecule has 3 rings (SSSR count). The summed E-state index contributed by atoms with van der Waals surface area (Å²) >= 11 is 7.17. The molecule has 2 aromatic carbocycles. The van der Waals surface area contributed by atoms with E-state index in [-0.39, 0.29) is 18.1 Å². The summed E-state index contributed by atoms with van der Waals surface area (Å²) < 4.78 is 7.05. The van der Waals surface area contributed by atoms with Crippen molar-refractivity contribution in [2.75, 3.05) is 12.4 Å². The van der Waals surface area contributed by atoms with E-state index in [0.717, 1.165) is 17.5 Å². The number of nitrogens with zero attached hydrogens (tertiary/aromatic N) is 3. The highest BCUT2D eigenvalue weighted by Crippen LogP contribution is 2.25. The highest BCUT2D eigenvalue weighted by atomic mass is 35.5. The van der Waals surface area contributed by atoms with Crippen LogP contribution in [-0.2, 0) is 22.5 Å². The number of aryl methyl sites for hydroxylation is 1. The van der Waals surface area contributed by atoms with Crippen molar-refractivity contribution in [2.45, 2.75) is 32.0 Å². The molecule has 1 aromatic heterocycles. The minimum absolute atomic E-state index is 0.0425. The molecule has 156 valence electrons. The zero-order valence-electron chi connectivity index (χ0n) is 16.8. The Labute approximate surface area is 184 Å². The highest BCUT2D eigenvalue weighted by Gasteiger charge is 2.16. The first-order chi connectivity index (χ1) is 14.5. The maximum atomic E-state index is 12.2. The quantitative estimate of drug-likeness (QED) is 0.271. The van der Waals surface area contributed by atoms with E-state index in [1.807, 2.05) is 42.7 Å². The van der Waals surface area contributed by atoms with E-state index in [2.05, 4.69) is 10.2 Å². The Hall–Kier alpha value is -2.64. The number of halogens is 1. The molecule has 0 aliphatic heterocycles. The normalized spacial score (nSPS) is 10.8. The largest absolute Gasteiger partial charge is 0.457 e. The van der Waals surface area contributed by atoms with Crippen LogP contribution >= 0.6 is 23.4 Å². The summed E-state index contributed by atoms with van der Waals surface area (Å²) in [6, 6.07) is 14.7. The van der Waals surface area contributed by atoms with Crippen molar-refractivity contribution >= 4 is 35.1 Å². The standard InChI is InChI=1S/C22H22ClN3O3S/c1-3-15-5-7-16(8-6-15)19(27)13-29-20(28)14-30-22-25-24-21(26(22)4-2)17-9-11-18(23)12-10-17/h5-12H,3-4,13-14H2,1-2H3. The van der Waals surface area contributed by atoms with Crippen LogP contribution in [0.4, 0.5) is 0 Å². The predicted molar refractivity (Wildman–Crippen MR) is 118 cm³/mol. The Morgan fingerprint density at radius 1 is 1.03 bits per heavy atom. The van der Waals surface area contributed by atoms with Gasteiger partial charge in [-0.15, -0.1) is 10.2 Å². The Morgan fingerprint density at radius 3 is 2.37 bits per heavy atom. The summed E-state index contributed by atoms with van der Waals surface area (Å²) in [6.07, 6.45) is 0.906. The molecule has 1 heterocycles. The number of carbonyl (C=O) groups excluding carboxylic acids is 2. The van der Waals surface area contributed by atoms with Gasteiger partial charge in [-0.2, -0.15) is 0 Å². The Balaban J connectivity index is 1.55. The molecule has 0 atom stereocenters. The third kappa shape index (κ3) is 5.49. The molecule has 0 aliphatic rings. The van der Waals surface area contributed by atoms with E-state index in [1.54, 1.807) is 24.3 Å². The lowest BCUT2D eigenvalue weighted by Gasteiger charge is -2.08. The van der Waals surface area contributed by atoms with Gasteiger partial charge in [0, 0.05) is 22.7 Å². The van der Waals surface area contributed by atoms with Crippen LogP contribution in [0.2, 0.25) is 5.02 Å². The lowest BCUT2D eigenvalue weighted by Crippen LogP contribution is -2.16. The molecular weight excluding hydrogens is 422 g/mol. The Bertz CT molecular complexity index is 1020. The monoisotopic (exact) mass is 443 g/mol. The summed E-state index contributed by atoms with van der Waals surface area (Å²) in [6.45, 7) is 4.40. The minimum Gasteiger partial charge on any atom is -0.457 e. The number of aromatic nitrogens is 3. The SMILES string of the molecule is CCc1ccc(C(=O)COC(=O)CSc2nnc(-c3ccc(Cl)cc3)n2CC)cc1. The Morgan fingerprint density at radius 2 is 1.73 bits per heavy atom. The molecule has 0 amide bonds. The zero-order chi connectivity index (χ0) is 21.5. The Kier molecular flexibility index (Phi) is 7.65. The summed E-state index contributed by atoms with van der Waals surface area (Å²) in [4.78, 5) is 24.3. The number of hydrogen-bond donors (Lipinski definition) is 0. The number of esters is 1. The molecule has 0 saturated heterocycles. The number of Topliss-reactive ketones (excluding diaryl/α,β-unsaturated/α-hetero) is 1. The van der Waals surface area contributed by atoms with Crippen LogP contribution in [0.1, 0.15) is 29.8 Å². The summed E-state index contributed by atoms with van der Waals surface area (Å²) in [5.74, 6) is 0.0478. The van der Waals surface area contributed by atoms with E-state index in [4.69, 9.17) is 16.3 Å². The lowest BCUT2D eigenvalue weighted by molar-refractivity contribution is -0.139. The number of rotatable bonds is 9. The van der Waals surface area contributed by atoms with E-state index < -0.39 is 5.97 Å². The summed E-state index contributed by atoms with van der Waals surface area (Å²) in [7, 11) is 0. The number of carbonyl (C=O) groups is 2. The molecule has 3 aromatic rings. The third-order valence-electron chi connectivity index (χ3n) is 4.50. The van der Waals surface area contributed by atoms with E-state index in [1.165, 1.54) is 11.8 Å². The molecule has 8 heteroatoms. The number of thioether (sulfide) groups is 1. The summed E-state index contributed by atoms with van der Waals surface area (Å²) in [5.41, 5.74) is 2.58. The third-order valence-corrected chi connectivity index (χ3v) is 5.70. The van der Waals surface area contributed by atoms with Crippen molar-refractivity contribution in [1.82, 2.24) is 14.8 Å². The number of ether oxygens (including phenoxy) is 1. The second-order valence-electron chi connectivity index (χ2n) is 6.48. The van der Waals surface area contributed by atoms with Gasteiger partial charge in [-0.1, -0.05) is 54.6 Å². The second kappa shape index (κ2) is 10.4. The van der Waals surface area contributed by atoms with Crippen LogP contribution in [-0.4, -0.2) is 38.9 Å². The molecule has 0 fully saturated rings. The lowest BCUT2D eigenvalue weighted by atomic mass is 10.1. The van der Waals surface area contributed by atoms with Gasteiger partial charge in [0.2, 0.25) is 0 Å². The molecule has 0 radical (unpaired) electrons. The maximum Gasteiger partial charge on any atom is 0.316 e. The van der Waals surface area contributed by atoms with Gasteiger partial charge in [0.15, 0.2) is 23.4 Å². The van der Waals surface area contributed by atoms with Crippen molar-refractivity contribution < 1.29 is 14.3 Å². The van der Waals surface area contributed by atoms with Gasteiger partial charge in [0.05, 0.1) is 5.75 Å². The molecule has 0 N–H and O–H groups in total. The average molecular weight is 444 g/mol. The number of hydrogen-bond acceptors (Lipinski definition) is 6. The first-order valence-corrected chi connectivity index (χ1v) is 11.0. The molecule has 6 nitrogen and oxygen atoms in total. The van der Waals surface area contributed by atoms with Gasteiger partial charge >= 0.3 is 5.97 Å². The van der Waals surface area contributed by atoms with Crippen molar-refractivity contribution in [3.63, 3.8) is 0 Å². The van der Waals surface area contributed by atoms with E-state index in [9.17, 15) is 9.59 Å². The molecule has 0 saturated carbocycles. The molecule has 30 heavy (non-hydrogen) atoms. The molecule has 0 unspecified atom stereocenters. The van der Waals surface area contributed by atoms with Crippen molar-refractivity contribution in [3.8, 4) is 11.4 Å². The zero-order valence-corrected chi connectivity index (χ0v) is 18.4. The molecule has 0 aliphatic carbocycles. The van der Waals surface area contributed by atoms with Crippen LogP contribution in [0, 0.1) is 0 Å². The van der Waals surface area contributed by atoms with E-state index in [0.29, 0.717) is 28.1 Å². The maximum absolute atomic E-state index is 12.2. The first kappa shape index (κ1) is 22.1. The number of ketones is 1. The van der Waals surface area contributed by atoms with Crippen molar-refractivity contribution in [1.29, 1.82) is 0 Å². The number of benzene rings is 2. The fourth-order valence-corrected chi connectivity index (χ4v) is 3.74. The predicted octanol–water partition coefficient (Wildman–Crippen LogP) is 4.70. The van der Waals surface area contributed by atoms with Crippen LogP contribution < -0.4 is 0 Å². The van der Waals surface area contributed by atoms with Gasteiger partial charge in [0.25, 0.3) is 0 Å². The van der Waals surface area contributed by atoms with Gasteiger partial charge in [-0.3, -0.25) is 9.59 Å². The summed E-state index contributed by atoms with van der Waals surface area (Å²) in [5, 5.41) is 9.68. The fourth-order valence-electron chi connectivity index (χ4n) is 2.81. The van der Waals surface area contributed by atoms with Gasteiger partial charge in [-0.05, 0) is 43.2 Å².